The van der Waals surface area contributed by atoms with Gasteiger partial charge in [0.1, 0.15) is 10.7 Å². The van der Waals surface area contributed by atoms with Gasteiger partial charge in [-0.1, -0.05) is 0 Å². The van der Waals surface area contributed by atoms with E-state index in [4.69, 9.17) is 4.42 Å². The fourth-order valence-electron chi connectivity index (χ4n) is 4.07. The Kier molecular flexibility index (Phi) is 6.10. The van der Waals surface area contributed by atoms with E-state index in [9.17, 15) is 18.0 Å². The number of nitrogens with zero attached hydrogens (tertiary/aromatic N) is 3. The predicted octanol–water partition coefficient (Wildman–Crippen LogP) is 2.26. The number of aromatic nitrogens is 1. The third kappa shape index (κ3) is 4.49. The third-order valence-corrected chi connectivity index (χ3v) is 7.87. The highest BCUT2D eigenvalue weighted by molar-refractivity contribution is 7.89. The lowest BCUT2D eigenvalue weighted by Crippen LogP contribution is -2.41. The molecule has 0 radical (unpaired) electrons. The van der Waals surface area contributed by atoms with Gasteiger partial charge in [0.2, 0.25) is 15.9 Å². The van der Waals surface area contributed by atoms with Gasteiger partial charge < -0.3 is 14.6 Å². The van der Waals surface area contributed by atoms with Crippen LogP contribution in [-0.4, -0.2) is 60.6 Å². The largest absolute Gasteiger partial charge is 0.455 e. The Morgan fingerprint density at radius 3 is 2.39 bits per heavy atom. The standard InChI is InChI=1S/C21H26N4O5S/c1-15-19(31(28,29)25-10-2-3-11-25)14-18(30-15)21(27)24-12-6-16(7-13-24)20(26)23-17-4-8-22-9-5-17/h4-5,8-9,14,16H,2-3,6-7,10-13H2,1H3,(H,22,23,26). The van der Waals surface area contributed by atoms with E-state index >= 15 is 0 Å². The average molecular weight is 447 g/mol. The number of carbonyl (C=O) groups is 2. The van der Waals surface area contributed by atoms with Crippen molar-refractivity contribution in [3.05, 3.63) is 42.1 Å². The lowest BCUT2D eigenvalue weighted by molar-refractivity contribution is -0.121. The minimum absolute atomic E-state index is 0.0231. The first-order valence-electron chi connectivity index (χ1n) is 10.5. The molecule has 0 bridgehead atoms. The maximum absolute atomic E-state index is 12.9. The van der Waals surface area contributed by atoms with Gasteiger partial charge in [0, 0.05) is 56.2 Å². The van der Waals surface area contributed by atoms with Gasteiger partial charge in [-0.05, 0) is 44.7 Å². The summed E-state index contributed by atoms with van der Waals surface area (Å²) in [6, 6.07) is 4.79. The number of aryl methyl sites for hydroxylation is 1. The van der Waals surface area contributed by atoms with Crippen LogP contribution >= 0.6 is 0 Å². The molecule has 2 aromatic rings. The van der Waals surface area contributed by atoms with Crippen LogP contribution in [0.1, 0.15) is 42.0 Å². The molecule has 0 atom stereocenters. The summed E-state index contributed by atoms with van der Waals surface area (Å²) in [4.78, 5) is 31.0. The third-order valence-electron chi connectivity index (χ3n) is 5.87. The van der Waals surface area contributed by atoms with Crippen molar-refractivity contribution in [2.45, 2.75) is 37.5 Å². The van der Waals surface area contributed by atoms with Gasteiger partial charge in [-0.25, -0.2) is 8.42 Å². The van der Waals surface area contributed by atoms with Crippen molar-refractivity contribution >= 4 is 27.5 Å². The Morgan fingerprint density at radius 1 is 1.10 bits per heavy atom. The molecule has 2 aliphatic heterocycles. The average Bonchev–Trinajstić information content (AvgIpc) is 3.45. The molecule has 10 heteroatoms. The van der Waals surface area contributed by atoms with Gasteiger partial charge in [0.15, 0.2) is 5.76 Å². The Morgan fingerprint density at radius 2 is 1.74 bits per heavy atom. The molecule has 31 heavy (non-hydrogen) atoms. The number of anilines is 1. The van der Waals surface area contributed by atoms with Crippen molar-refractivity contribution in [3.8, 4) is 0 Å². The zero-order valence-electron chi connectivity index (χ0n) is 17.4. The first-order chi connectivity index (χ1) is 14.9. The van der Waals surface area contributed by atoms with Crippen LogP contribution in [0.5, 0.6) is 0 Å². The Hall–Kier alpha value is -2.72. The molecule has 0 aromatic carbocycles. The smallest absolute Gasteiger partial charge is 0.289 e. The van der Waals surface area contributed by atoms with Crippen LogP contribution in [-0.2, 0) is 14.8 Å². The van der Waals surface area contributed by atoms with E-state index in [1.165, 1.54) is 10.4 Å². The second-order valence-electron chi connectivity index (χ2n) is 7.93. The second-order valence-corrected chi connectivity index (χ2v) is 9.84. The highest BCUT2D eigenvalue weighted by Gasteiger charge is 2.34. The SMILES string of the molecule is Cc1oc(C(=O)N2CCC(C(=O)Nc3ccncc3)CC2)cc1S(=O)(=O)N1CCCC1. The lowest BCUT2D eigenvalue weighted by atomic mass is 9.95. The number of piperidine rings is 1. The van der Waals surface area contributed by atoms with Crippen LogP contribution in [0.3, 0.4) is 0 Å². The molecule has 4 heterocycles. The molecule has 9 nitrogen and oxygen atoms in total. The fourth-order valence-corrected chi connectivity index (χ4v) is 5.75. The molecular formula is C21H26N4O5S. The van der Waals surface area contributed by atoms with E-state index < -0.39 is 10.0 Å². The zero-order chi connectivity index (χ0) is 22.0. The van der Waals surface area contributed by atoms with Crippen LogP contribution in [0.4, 0.5) is 5.69 Å². The summed E-state index contributed by atoms with van der Waals surface area (Å²) < 4.78 is 32.6. The predicted molar refractivity (Wildman–Crippen MR) is 113 cm³/mol. The lowest BCUT2D eigenvalue weighted by Gasteiger charge is -2.30. The highest BCUT2D eigenvalue weighted by atomic mass is 32.2. The highest BCUT2D eigenvalue weighted by Crippen LogP contribution is 2.28. The molecule has 166 valence electrons. The van der Waals surface area contributed by atoms with Crippen molar-refractivity contribution in [1.29, 1.82) is 0 Å². The maximum atomic E-state index is 12.9. The number of sulfonamides is 1. The number of likely N-dealkylation sites (tertiary alicyclic amines) is 1. The van der Waals surface area contributed by atoms with E-state index in [2.05, 4.69) is 10.3 Å². The van der Waals surface area contributed by atoms with Crippen molar-refractivity contribution < 1.29 is 22.4 Å². The summed E-state index contributed by atoms with van der Waals surface area (Å²) >= 11 is 0. The van der Waals surface area contributed by atoms with E-state index in [1.807, 2.05) is 0 Å². The normalized spacial score (nSPS) is 18.3. The van der Waals surface area contributed by atoms with E-state index in [-0.39, 0.29) is 34.1 Å². The molecule has 0 aliphatic carbocycles. The van der Waals surface area contributed by atoms with Gasteiger partial charge in [0.05, 0.1) is 0 Å². The maximum Gasteiger partial charge on any atom is 0.289 e. The topological polar surface area (TPSA) is 113 Å². The van der Waals surface area contributed by atoms with Crippen molar-refractivity contribution in [2.75, 3.05) is 31.5 Å². The molecule has 0 saturated carbocycles. The molecule has 0 spiro atoms. The van der Waals surface area contributed by atoms with Crippen LogP contribution in [0.15, 0.2) is 39.9 Å². The quantitative estimate of drug-likeness (QED) is 0.754. The number of carbonyl (C=O) groups excluding carboxylic acids is 2. The molecule has 2 fully saturated rings. The fraction of sp³-hybridized carbons (Fsp3) is 0.476. The summed E-state index contributed by atoms with van der Waals surface area (Å²) in [5.41, 5.74) is 0.691. The summed E-state index contributed by atoms with van der Waals surface area (Å²) in [6.45, 7) is 3.36. The minimum Gasteiger partial charge on any atom is -0.455 e. The van der Waals surface area contributed by atoms with Crippen LogP contribution in [0, 0.1) is 12.8 Å². The van der Waals surface area contributed by atoms with Crippen molar-refractivity contribution in [2.24, 2.45) is 5.92 Å². The molecule has 2 aliphatic rings. The Balaban J connectivity index is 1.38. The first-order valence-corrected chi connectivity index (χ1v) is 11.9. The molecular weight excluding hydrogens is 420 g/mol. The van der Waals surface area contributed by atoms with Gasteiger partial charge >= 0.3 is 0 Å². The number of amides is 2. The first kappa shape index (κ1) is 21.5. The number of pyridine rings is 1. The number of nitrogens with one attached hydrogen (secondary N) is 1. The van der Waals surface area contributed by atoms with E-state index in [0.717, 1.165) is 12.8 Å². The van der Waals surface area contributed by atoms with Gasteiger partial charge in [0.25, 0.3) is 5.91 Å². The second kappa shape index (κ2) is 8.80. The summed E-state index contributed by atoms with van der Waals surface area (Å²) in [7, 11) is -3.65. The molecule has 2 amide bonds. The van der Waals surface area contributed by atoms with E-state index in [0.29, 0.717) is 44.7 Å². The van der Waals surface area contributed by atoms with Crippen molar-refractivity contribution in [3.63, 3.8) is 0 Å². The molecule has 2 aromatic heterocycles. The van der Waals surface area contributed by atoms with E-state index in [1.54, 1.807) is 36.4 Å². The molecule has 1 N–H and O–H groups in total. The monoisotopic (exact) mass is 446 g/mol. The molecule has 2 saturated heterocycles. The van der Waals surface area contributed by atoms with Crippen LogP contribution in [0.2, 0.25) is 0 Å². The molecule has 4 rings (SSSR count). The van der Waals surface area contributed by atoms with Crippen molar-refractivity contribution in [1.82, 2.24) is 14.2 Å². The Bertz CT molecular complexity index is 1050. The Labute approximate surface area is 181 Å². The van der Waals surface area contributed by atoms with Crippen LogP contribution < -0.4 is 5.32 Å². The summed E-state index contributed by atoms with van der Waals surface area (Å²) in [5.74, 6) is -0.372. The van der Waals surface area contributed by atoms with Crippen LogP contribution in [0.25, 0.3) is 0 Å². The van der Waals surface area contributed by atoms with Gasteiger partial charge in [-0.15, -0.1) is 0 Å². The zero-order valence-corrected chi connectivity index (χ0v) is 18.2. The number of furan rings is 1. The minimum atomic E-state index is -3.65. The number of rotatable bonds is 5. The number of hydrogen-bond donors (Lipinski definition) is 1. The van der Waals surface area contributed by atoms with Gasteiger partial charge in [-0.3, -0.25) is 14.6 Å². The summed E-state index contributed by atoms with van der Waals surface area (Å²) in [6.07, 6.45) is 5.96. The summed E-state index contributed by atoms with van der Waals surface area (Å²) in [5, 5.41) is 2.87. The number of hydrogen-bond acceptors (Lipinski definition) is 6. The molecule has 0 unspecified atom stereocenters. The van der Waals surface area contributed by atoms with Gasteiger partial charge in [-0.2, -0.15) is 4.31 Å².